The van der Waals surface area contributed by atoms with Crippen LogP contribution in [0.2, 0.25) is 0 Å². The summed E-state index contributed by atoms with van der Waals surface area (Å²) >= 11 is 3.57. The van der Waals surface area contributed by atoms with E-state index in [1.54, 1.807) is 18.4 Å². The van der Waals surface area contributed by atoms with Gasteiger partial charge in [-0.1, -0.05) is 19.1 Å². The second-order valence-electron chi connectivity index (χ2n) is 6.33. The quantitative estimate of drug-likeness (QED) is 0.355. The molecule has 1 unspecified atom stereocenters. The van der Waals surface area contributed by atoms with Crippen molar-refractivity contribution in [1.29, 1.82) is 0 Å². The summed E-state index contributed by atoms with van der Waals surface area (Å²) < 4.78 is 5.42. The topological polar surface area (TPSA) is 58.5 Å². The predicted octanol–water partition coefficient (Wildman–Crippen LogP) is 3.99. The number of nitrogens with one attached hydrogen (secondary N) is 2. The van der Waals surface area contributed by atoms with Gasteiger partial charge in [0.05, 0.1) is 12.1 Å². The molecule has 2 aromatic rings. The lowest BCUT2D eigenvalue weighted by molar-refractivity contribution is 0.405. The van der Waals surface area contributed by atoms with Gasteiger partial charge in [0.15, 0.2) is 5.96 Å². The molecule has 1 heterocycles. The summed E-state index contributed by atoms with van der Waals surface area (Å²) in [5.74, 6) is 3.28. The third-order valence-electron chi connectivity index (χ3n) is 3.80. The van der Waals surface area contributed by atoms with Gasteiger partial charge >= 0.3 is 0 Å². The Balaban J connectivity index is 1.78. The van der Waals surface area contributed by atoms with Gasteiger partial charge in [0.1, 0.15) is 5.75 Å². The predicted molar refractivity (Wildman–Crippen MR) is 117 cm³/mol. The summed E-state index contributed by atoms with van der Waals surface area (Å²) in [6.07, 6.45) is 2.85. The van der Waals surface area contributed by atoms with Crippen LogP contribution in [0.3, 0.4) is 0 Å². The van der Waals surface area contributed by atoms with Crippen molar-refractivity contribution in [2.45, 2.75) is 32.1 Å². The number of aliphatic imine (C=N–C) groups is 1. The minimum atomic E-state index is 0.469. The number of aromatic nitrogens is 1. The maximum atomic E-state index is 5.42. The molecular weight excluding hydrogens is 376 g/mol. The average molecular weight is 407 g/mol. The maximum absolute atomic E-state index is 5.42. The molecule has 27 heavy (non-hydrogen) atoms. The van der Waals surface area contributed by atoms with Crippen molar-refractivity contribution >= 4 is 29.1 Å². The lowest BCUT2D eigenvalue weighted by Gasteiger charge is -2.14. The fourth-order valence-corrected chi connectivity index (χ4v) is 4.24. The fraction of sp³-hybridized carbons (Fsp3) is 0.500. The first-order valence-electron chi connectivity index (χ1n) is 9.31. The van der Waals surface area contributed by atoms with E-state index in [-0.39, 0.29) is 0 Å². The number of para-hydroxylation sites is 1. The second-order valence-corrected chi connectivity index (χ2v) is 8.71. The molecule has 0 saturated carbocycles. The molecule has 1 aromatic carbocycles. The van der Waals surface area contributed by atoms with Gasteiger partial charge in [-0.25, -0.2) is 4.98 Å². The van der Waals surface area contributed by atoms with Gasteiger partial charge in [0.25, 0.3) is 0 Å². The molecule has 2 N–H and O–H groups in total. The first-order valence-corrected chi connectivity index (χ1v) is 11.1. The Morgan fingerprint density at radius 1 is 1.33 bits per heavy atom. The third-order valence-corrected chi connectivity index (χ3v) is 6.15. The van der Waals surface area contributed by atoms with Crippen molar-refractivity contribution in [2.24, 2.45) is 10.9 Å². The number of thiazole rings is 1. The van der Waals surface area contributed by atoms with E-state index in [2.05, 4.69) is 42.5 Å². The van der Waals surface area contributed by atoms with Crippen LogP contribution in [0.4, 0.5) is 0 Å². The van der Waals surface area contributed by atoms with Crippen molar-refractivity contribution < 1.29 is 4.74 Å². The van der Waals surface area contributed by atoms with E-state index in [1.807, 2.05) is 36.2 Å². The van der Waals surface area contributed by atoms with Gasteiger partial charge in [-0.15, -0.1) is 23.1 Å². The molecule has 148 valence electrons. The standard InChI is InChI=1S/C20H30N4OS2/c1-5-21-20(22-11-10-19-23-13-16(3)27-19)24-12-15(2)14-26-18-9-7-6-8-17(18)25-4/h6-9,13,15H,5,10-12,14H2,1-4H3,(H2,21,22,24). The van der Waals surface area contributed by atoms with Gasteiger partial charge < -0.3 is 15.4 Å². The van der Waals surface area contributed by atoms with Gasteiger partial charge in [-0.2, -0.15) is 0 Å². The highest BCUT2D eigenvalue weighted by Gasteiger charge is 2.07. The summed E-state index contributed by atoms with van der Waals surface area (Å²) in [5.41, 5.74) is 0. The van der Waals surface area contributed by atoms with E-state index >= 15 is 0 Å². The Kier molecular flexibility index (Phi) is 9.48. The second kappa shape index (κ2) is 11.9. The number of guanidine groups is 1. The third kappa shape index (κ3) is 7.81. The monoisotopic (exact) mass is 406 g/mol. The van der Waals surface area contributed by atoms with Crippen LogP contribution >= 0.6 is 23.1 Å². The molecule has 2 rings (SSSR count). The van der Waals surface area contributed by atoms with E-state index in [0.717, 1.165) is 48.5 Å². The fourth-order valence-electron chi connectivity index (χ4n) is 2.42. The van der Waals surface area contributed by atoms with Crippen LogP contribution in [-0.4, -0.2) is 43.4 Å². The Morgan fingerprint density at radius 3 is 2.85 bits per heavy atom. The van der Waals surface area contributed by atoms with Crippen molar-refractivity contribution in [2.75, 3.05) is 32.5 Å². The zero-order chi connectivity index (χ0) is 19.5. The molecule has 0 radical (unpaired) electrons. The highest BCUT2D eigenvalue weighted by atomic mass is 32.2. The Hall–Kier alpha value is -1.73. The summed E-state index contributed by atoms with van der Waals surface area (Å²) in [7, 11) is 1.72. The molecule has 0 aliphatic carbocycles. The Labute approximate surface area is 171 Å². The highest BCUT2D eigenvalue weighted by molar-refractivity contribution is 7.99. The molecule has 1 aromatic heterocycles. The SMILES string of the molecule is CCNC(=NCC(C)CSc1ccccc1OC)NCCc1ncc(C)s1. The van der Waals surface area contributed by atoms with Crippen LogP contribution in [-0.2, 0) is 6.42 Å². The molecule has 0 bridgehead atoms. The van der Waals surface area contributed by atoms with Crippen molar-refractivity contribution in [3.05, 3.63) is 40.3 Å². The zero-order valence-corrected chi connectivity index (χ0v) is 18.3. The van der Waals surface area contributed by atoms with Crippen LogP contribution < -0.4 is 15.4 Å². The van der Waals surface area contributed by atoms with Crippen molar-refractivity contribution in [1.82, 2.24) is 15.6 Å². The minimum absolute atomic E-state index is 0.469. The van der Waals surface area contributed by atoms with Crippen LogP contribution in [0.5, 0.6) is 5.75 Å². The highest BCUT2D eigenvalue weighted by Crippen LogP contribution is 2.29. The van der Waals surface area contributed by atoms with Crippen LogP contribution in [0.1, 0.15) is 23.7 Å². The number of rotatable bonds is 10. The first kappa shape index (κ1) is 21.6. The maximum Gasteiger partial charge on any atom is 0.191 e. The number of benzene rings is 1. The number of ether oxygens (including phenoxy) is 1. The Bertz CT molecular complexity index is 718. The normalized spacial score (nSPS) is 12.7. The number of methoxy groups -OCH3 is 1. The van der Waals surface area contributed by atoms with E-state index in [9.17, 15) is 0 Å². The lowest BCUT2D eigenvalue weighted by Crippen LogP contribution is -2.38. The van der Waals surface area contributed by atoms with E-state index < -0.39 is 0 Å². The first-order chi connectivity index (χ1) is 13.1. The smallest absolute Gasteiger partial charge is 0.191 e. The number of thioether (sulfide) groups is 1. The number of hydrogen-bond donors (Lipinski definition) is 2. The molecule has 5 nitrogen and oxygen atoms in total. The van der Waals surface area contributed by atoms with Crippen LogP contribution in [0.25, 0.3) is 0 Å². The summed E-state index contributed by atoms with van der Waals surface area (Å²) in [5, 5.41) is 7.89. The van der Waals surface area contributed by atoms with Gasteiger partial charge in [-0.3, -0.25) is 4.99 Å². The average Bonchev–Trinajstić information content (AvgIpc) is 3.09. The largest absolute Gasteiger partial charge is 0.496 e. The van der Waals surface area contributed by atoms with Crippen molar-refractivity contribution in [3.63, 3.8) is 0 Å². The number of nitrogens with zero attached hydrogens (tertiary/aromatic N) is 2. The molecule has 0 aliphatic rings. The van der Waals surface area contributed by atoms with Crippen LogP contribution in [0, 0.1) is 12.8 Å². The molecule has 0 spiro atoms. The molecule has 0 fully saturated rings. The van der Waals surface area contributed by atoms with Gasteiger partial charge in [0, 0.05) is 47.8 Å². The summed E-state index contributed by atoms with van der Waals surface area (Å²) in [6, 6.07) is 8.15. The molecule has 0 amide bonds. The molecule has 7 heteroatoms. The minimum Gasteiger partial charge on any atom is -0.496 e. The summed E-state index contributed by atoms with van der Waals surface area (Å²) in [6.45, 7) is 8.88. The lowest BCUT2D eigenvalue weighted by atomic mass is 10.2. The van der Waals surface area contributed by atoms with Gasteiger partial charge in [-0.05, 0) is 31.9 Å². The molecule has 0 saturated heterocycles. The van der Waals surface area contributed by atoms with Gasteiger partial charge in [0.2, 0.25) is 0 Å². The van der Waals surface area contributed by atoms with E-state index in [0.29, 0.717) is 5.92 Å². The zero-order valence-electron chi connectivity index (χ0n) is 16.6. The molecular formula is C20H30N4OS2. The number of hydrogen-bond acceptors (Lipinski definition) is 5. The van der Waals surface area contributed by atoms with E-state index in [4.69, 9.17) is 9.73 Å². The van der Waals surface area contributed by atoms with Crippen molar-refractivity contribution in [3.8, 4) is 5.75 Å². The molecule has 0 aliphatic heterocycles. The van der Waals surface area contributed by atoms with Crippen LogP contribution in [0.15, 0.2) is 40.4 Å². The summed E-state index contributed by atoms with van der Waals surface area (Å²) in [4.78, 5) is 11.6. The Morgan fingerprint density at radius 2 is 2.15 bits per heavy atom. The molecule has 1 atom stereocenters. The number of aryl methyl sites for hydroxylation is 1. The van der Waals surface area contributed by atoms with E-state index in [1.165, 1.54) is 9.77 Å².